The highest BCUT2D eigenvalue weighted by Crippen LogP contribution is 2.47. The van der Waals surface area contributed by atoms with E-state index in [-0.39, 0.29) is 0 Å². The zero-order chi connectivity index (χ0) is 36.0. The summed E-state index contributed by atoms with van der Waals surface area (Å²) >= 11 is 3.21. The van der Waals surface area contributed by atoms with Gasteiger partial charge in [-0.05, 0) is 67.4 Å². The fourth-order valence-electron chi connectivity index (χ4n) is 6.95. The van der Waals surface area contributed by atoms with Crippen molar-refractivity contribution in [1.82, 2.24) is 0 Å². The van der Waals surface area contributed by atoms with Crippen LogP contribution >= 0.6 is 46.0 Å². The van der Waals surface area contributed by atoms with Gasteiger partial charge in [-0.1, -0.05) is 121 Å². The summed E-state index contributed by atoms with van der Waals surface area (Å²) in [7, 11) is 0. The maximum atomic E-state index is 6.41. The summed E-state index contributed by atoms with van der Waals surface area (Å²) < 4.78 is 36.4. The van der Waals surface area contributed by atoms with E-state index in [0.29, 0.717) is 26.4 Å². The molecule has 8 rings (SSSR count). The molecule has 0 bridgehead atoms. The van der Waals surface area contributed by atoms with Crippen LogP contribution in [0.4, 0.5) is 0 Å². The minimum absolute atomic E-state index is 0.371. The van der Waals surface area contributed by atoms with Crippen molar-refractivity contribution in [1.29, 1.82) is 0 Å². The topological polar surface area (TPSA) is 55.4 Å². The lowest BCUT2D eigenvalue weighted by Gasteiger charge is -2.18. The molecular weight excluding hydrogens is 905 g/mol. The Balaban J connectivity index is 0.927. The number of hydrogen-bond acceptors (Lipinski definition) is 6. The first-order chi connectivity index (χ1) is 26.2. The summed E-state index contributed by atoms with van der Waals surface area (Å²) in [5.41, 5.74) is 4.02. The van der Waals surface area contributed by atoms with E-state index in [1.54, 1.807) is 0 Å². The summed E-state index contributed by atoms with van der Waals surface area (Å²) in [6.45, 7) is 1.53. The van der Waals surface area contributed by atoms with Gasteiger partial charge in [0.2, 0.25) is 0 Å². The average Bonchev–Trinajstić information content (AvgIpc) is 3.22. The molecular formula is C44H32AlI2O6. The Morgan fingerprint density at radius 2 is 0.642 bits per heavy atom. The zero-order valence-electron chi connectivity index (χ0n) is 28.5. The van der Waals surface area contributed by atoms with Gasteiger partial charge in [0.05, 0.1) is 13.2 Å². The number of rotatable bonds is 14. The van der Waals surface area contributed by atoms with Gasteiger partial charge in [-0.15, -0.1) is 0 Å². The molecule has 0 atom stereocenters. The van der Waals surface area contributed by atoms with Crippen LogP contribution in [0.2, 0.25) is 0 Å². The van der Waals surface area contributed by atoms with Crippen molar-refractivity contribution in [3.8, 4) is 45.3 Å². The number of fused-ring (bicyclic) bond motifs is 4. The van der Waals surface area contributed by atoms with Crippen LogP contribution in [0, 0.1) is 0 Å². The monoisotopic (exact) mass is 937 g/mol. The van der Waals surface area contributed by atoms with E-state index in [0.717, 1.165) is 88.3 Å². The number of hydrogen-bond donors (Lipinski definition) is 0. The third-order valence-electron chi connectivity index (χ3n) is 9.28. The van der Waals surface area contributed by atoms with E-state index in [2.05, 4.69) is 121 Å². The van der Waals surface area contributed by atoms with Crippen LogP contribution in [0.5, 0.6) is 23.0 Å². The second kappa shape index (κ2) is 16.9. The summed E-state index contributed by atoms with van der Waals surface area (Å²) in [6.07, 6.45) is 0. The molecule has 0 aromatic heterocycles. The number of ether oxygens (including phenoxy) is 2. The third kappa shape index (κ3) is 7.52. The lowest BCUT2D eigenvalue weighted by molar-refractivity contribution is 0.160. The van der Waals surface area contributed by atoms with Gasteiger partial charge in [0.1, 0.15) is 36.2 Å². The van der Waals surface area contributed by atoms with Crippen LogP contribution in [-0.4, -0.2) is 42.3 Å². The normalized spacial score (nSPS) is 11.3. The zero-order valence-corrected chi connectivity index (χ0v) is 33.9. The van der Waals surface area contributed by atoms with Crippen molar-refractivity contribution in [3.05, 3.63) is 146 Å². The molecule has 0 aliphatic heterocycles. The predicted molar refractivity (Wildman–Crippen MR) is 232 cm³/mol. The Morgan fingerprint density at radius 3 is 0.981 bits per heavy atom. The Morgan fingerprint density at radius 1 is 0.340 bits per heavy atom. The van der Waals surface area contributed by atoms with Gasteiger partial charge in [0.25, 0.3) is 0 Å². The molecule has 0 amide bonds. The van der Waals surface area contributed by atoms with Gasteiger partial charge in [0, 0.05) is 22.3 Å². The van der Waals surface area contributed by atoms with Crippen molar-refractivity contribution in [2.75, 3.05) is 26.4 Å². The summed E-state index contributed by atoms with van der Waals surface area (Å²) in [5.74, 6) is 3.12. The van der Waals surface area contributed by atoms with Gasteiger partial charge in [-0.3, -0.25) is 0 Å². The molecule has 0 aliphatic carbocycles. The van der Waals surface area contributed by atoms with Gasteiger partial charge >= 0.3 is 15.9 Å². The molecule has 0 saturated heterocycles. The van der Waals surface area contributed by atoms with Crippen LogP contribution in [0.25, 0.3) is 65.3 Å². The standard InChI is InChI=1S/2C22H16IO3.Al/c2*23-26-20-12-10-16-6-2-4-8-18(16)22(20)21-17-7-3-1-5-15(17)9-11-19(21)25-14-13-24;/h2*1-12H,13-14H2;/q2*-1;+2. The van der Waals surface area contributed by atoms with Crippen molar-refractivity contribution < 1.29 is 23.2 Å². The van der Waals surface area contributed by atoms with E-state index in [9.17, 15) is 0 Å². The fourth-order valence-corrected chi connectivity index (χ4v) is 8.17. The van der Waals surface area contributed by atoms with E-state index >= 15 is 0 Å². The molecule has 8 aromatic carbocycles. The highest BCUT2D eigenvalue weighted by atomic mass is 127. The molecule has 0 N–H and O–H groups in total. The summed E-state index contributed by atoms with van der Waals surface area (Å²) in [6, 6.07) is 49.9. The maximum Gasteiger partial charge on any atom is 0.668 e. The molecule has 0 aliphatic rings. The molecule has 0 heterocycles. The molecule has 6 nitrogen and oxygen atoms in total. The Bertz CT molecular complexity index is 2380. The molecule has 53 heavy (non-hydrogen) atoms. The largest absolute Gasteiger partial charge is 0.668 e. The summed E-state index contributed by atoms with van der Waals surface area (Å²) in [5, 5.41) is 8.93. The summed E-state index contributed by atoms with van der Waals surface area (Å²) in [4.78, 5) is 0. The van der Waals surface area contributed by atoms with Crippen LogP contribution in [0.3, 0.4) is 0 Å². The van der Waals surface area contributed by atoms with E-state index in [1.807, 2.05) is 70.3 Å². The Kier molecular flexibility index (Phi) is 11.5. The first kappa shape index (κ1) is 35.9. The molecule has 0 unspecified atom stereocenters. The highest BCUT2D eigenvalue weighted by Gasteiger charge is 2.20. The predicted octanol–water partition coefficient (Wildman–Crippen LogP) is 12.1. The van der Waals surface area contributed by atoms with Gasteiger partial charge < -0.3 is 23.2 Å². The lowest BCUT2D eigenvalue weighted by atomic mass is 9.92. The van der Waals surface area contributed by atoms with Crippen LogP contribution in [0.15, 0.2) is 146 Å². The quantitative estimate of drug-likeness (QED) is 0.0615. The minimum Gasteiger partial charge on any atom is -0.491 e. The fraction of sp³-hybridized carbons (Fsp3) is 0.0909. The second-order valence-electron chi connectivity index (χ2n) is 12.3. The molecule has 261 valence electrons. The van der Waals surface area contributed by atoms with Gasteiger partial charge in [-0.25, -0.2) is 0 Å². The Hall–Kier alpha value is -4.09. The van der Waals surface area contributed by atoms with E-state index in [4.69, 9.17) is 23.2 Å². The van der Waals surface area contributed by atoms with E-state index < -0.39 is 15.9 Å². The first-order valence-electron chi connectivity index (χ1n) is 17.2. The third-order valence-corrected chi connectivity index (χ3v) is 11.0. The van der Waals surface area contributed by atoms with Crippen molar-refractivity contribution >= 4 is 105 Å². The van der Waals surface area contributed by atoms with E-state index in [1.165, 1.54) is 0 Å². The number of halogens is 2. The van der Waals surface area contributed by atoms with Crippen LogP contribution < -0.4 is 15.6 Å². The average molecular weight is 938 g/mol. The molecule has 1 radical (unpaired) electrons. The SMILES string of the molecule is IOc1ccc2ccccc2c1-c1c(OCC[O][Al][O]CCOc2ccc3ccccc3c2-c2c(OI)ccc3ccccc23)ccc2ccccc12. The smallest absolute Gasteiger partial charge is 0.491 e. The van der Waals surface area contributed by atoms with Crippen LogP contribution in [-0.2, 0) is 7.58 Å². The van der Waals surface area contributed by atoms with Crippen molar-refractivity contribution in [3.63, 3.8) is 0 Å². The first-order valence-corrected chi connectivity index (χ1v) is 19.9. The van der Waals surface area contributed by atoms with Gasteiger partial charge in [0.15, 0.2) is 46.0 Å². The molecule has 9 heteroatoms. The molecule has 0 saturated carbocycles. The molecule has 0 fully saturated rings. The van der Waals surface area contributed by atoms with Crippen molar-refractivity contribution in [2.45, 2.75) is 0 Å². The molecule has 0 spiro atoms. The lowest BCUT2D eigenvalue weighted by Crippen LogP contribution is -2.15. The highest BCUT2D eigenvalue weighted by molar-refractivity contribution is 14.1. The van der Waals surface area contributed by atoms with Gasteiger partial charge in [-0.2, -0.15) is 0 Å². The number of benzene rings is 8. The second-order valence-corrected chi connectivity index (χ2v) is 14.1. The maximum absolute atomic E-state index is 6.41. The van der Waals surface area contributed by atoms with Crippen LogP contribution in [0.1, 0.15) is 0 Å². The Labute approximate surface area is 342 Å². The molecule has 8 aromatic rings. The minimum atomic E-state index is -0.705. The van der Waals surface area contributed by atoms with Crippen molar-refractivity contribution in [2.24, 2.45) is 0 Å².